The molecule has 27 heavy (non-hydrogen) atoms. The first-order valence-corrected chi connectivity index (χ1v) is 8.61. The monoisotopic (exact) mass is 403 g/mol. The third-order valence-corrected chi connectivity index (χ3v) is 4.11. The number of ether oxygens (including phenoxy) is 1. The predicted molar refractivity (Wildman–Crippen MR) is 104 cm³/mol. The van der Waals surface area contributed by atoms with Gasteiger partial charge in [-0.3, -0.25) is 10.1 Å². The van der Waals surface area contributed by atoms with E-state index in [4.69, 9.17) is 28.6 Å². The summed E-state index contributed by atoms with van der Waals surface area (Å²) in [6, 6.07) is 13.0. The molecule has 0 bridgehead atoms. The molecule has 1 aromatic heterocycles. The van der Waals surface area contributed by atoms with Crippen molar-refractivity contribution in [3.05, 3.63) is 79.8 Å². The van der Waals surface area contributed by atoms with Crippen molar-refractivity contribution in [1.29, 1.82) is 0 Å². The van der Waals surface area contributed by atoms with Crippen LogP contribution in [-0.4, -0.2) is 26.0 Å². The minimum absolute atomic E-state index is 0.0118. The van der Waals surface area contributed by atoms with E-state index in [-0.39, 0.29) is 5.69 Å². The maximum absolute atomic E-state index is 10.7. The summed E-state index contributed by atoms with van der Waals surface area (Å²) in [5, 5.41) is 22.5. The molecule has 10 heteroatoms. The lowest BCUT2D eigenvalue weighted by atomic mass is 10.2. The zero-order chi connectivity index (χ0) is 19.4. The summed E-state index contributed by atoms with van der Waals surface area (Å²) in [4.78, 5) is 10.3. The summed E-state index contributed by atoms with van der Waals surface area (Å²) >= 11 is 11.1. The standard InChI is InChI=1S/C17H14ClN5O3S/c1-11(26-15-8-4-13(18)5-9-15)16-20-21-17(27)22(16)19-10-12-2-6-14(7-3-12)23(24)25/h2-11H,1H3,(H,21,27)/b19-10+. The SMILES string of the molecule is CC(Oc1ccc(Cl)cc1)c1n[nH]c(=S)n1/N=C/c1ccc([N+](=O)[O-])cc1. The molecular weight excluding hydrogens is 390 g/mol. The van der Waals surface area contributed by atoms with Crippen LogP contribution in [0.25, 0.3) is 0 Å². The second-order valence-electron chi connectivity index (χ2n) is 5.51. The normalized spacial score (nSPS) is 12.2. The first-order valence-electron chi connectivity index (χ1n) is 7.82. The van der Waals surface area contributed by atoms with Crippen molar-refractivity contribution in [3.63, 3.8) is 0 Å². The number of hydrogen-bond donors (Lipinski definition) is 1. The molecule has 1 unspecified atom stereocenters. The molecule has 0 aliphatic heterocycles. The molecular formula is C17H14ClN5O3S. The first-order chi connectivity index (χ1) is 12.9. The number of benzene rings is 2. The molecule has 0 spiro atoms. The number of nitrogens with zero attached hydrogens (tertiary/aromatic N) is 4. The van der Waals surface area contributed by atoms with E-state index in [1.54, 1.807) is 36.4 Å². The summed E-state index contributed by atoms with van der Waals surface area (Å²) in [7, 11) is 0. The van der Waals surface area contributed by atoms with E-state index >= 15 is 0 Å². The molecule has 1 N–H and O–H groups in total. The Morgan fingerprint density at radius 1 is 1.30 bits per heavy atom. The van der Waals surface area contributed by atoms with E-state index in [0.717, 1.165) is 0 Å². The number of nitrogens with one attached hydrogen (secondary N) is 1. The van der Waals surface area contributed by atoms with Gasteiger partial charge in [-0.1, -0.05) is 11.6 Å². The topological polar surface area (TPSA) is 98.3 Å². The molecule has 138 valence electrons. The average molecular weight is 404 g/mol. The van der Waals surface area contributed by atoms with Crippen LogP contribution in [0.5, 0.6) is 5.75 Å². The van der Waals surface area contributed by atoms with E-state index in [1.165, 1.54) is 23.0 Å². The maximum atomic E-state index is 10.7. The van der Waals surface area contributed by atoms with Gasteiger partial charge in [0.2, 0.25) is 4.77 Å². The van der Waals surface area contributed by atoms with Gasteiger partial charge in [0.15, 0.2) is 11.9 Å². The molecule has 0 fully saturated rings. The lowest BCUT2D eigenvalue weighted by Crippen LogP contribution is -2.10. The lowest BCUT2D eigenvalue weighted by molar-refractivity contribution is -0.384. The summed E-state index contributed by atoms with van der Waals surface area (Å²) < 4.78 is 7.59. The molecule has 2 aromatic carbocycles. The van der Waals surface area contributed by atoms with Gasteiger partial charge in [-0.25, -0.2) is 5.10 Å². The van der Waals surface area contributed by atoms with Gasteiger partial charge in [-0.05, 0) is 61.1 Å². The van der Waals surface area contributed by atoms with Crippen LogP contribution in [-0.2, 0) is 0 Å². The molecule has 3 rings (SSSR count). The molecule has 0 saturated heterocycles. The average Bonchev–Trinajstić information content (AvgIpc) is 3.03. The van der Waals surface area contributed by atoms with Crippen molar-refractivity contribution in [1.82, 2.24) is 14.9 Å². The van der Waals surface area contributed by atoms with Crippen molar-refractivity contribution in [2.24, 2.45) is 5.10 Å². The molecule has 8 nitrogen and oxygen atoms in total. The summed E-state index contributed by atoms with van der Waals surface area (Å²) in [5.41, 5.74) is 0.693. The molecule has 3 aromatic rings. The highest BCUT2D eigenvalue weighted by Gasteiger charge is 2.16. The zero-order valence-electron chi connectivity index (χ0n) is 14.1. The number of H-pyrrole nitrogens is 1. The minimum atomic E-state index is -0.457. The molecule has 1 heterocycles. The number of nitro groups is 1. The Labute approximate surface area is 164 Å². The number of rotatable bonds is 6. The highest BCUT2D eigenvalue weighted by atomic mass is 35.5. The molecule has 0 saturated carbocycles. The van der Waals surface area contributed by atoms with Crippen LogP contribution in [0.3, 0.4) is 0 Å². The Bertz CT molecular complexity index is 1030. The Kier molecular flexibility index (Phi) is 5.63. The van der Waals surface area contributed by atoms with Crippen molar-refractivity contribution in [2.45, 2.75) is 13.0 Å². The van der Waals surface area contributed by atoms with Gasteiger partial charge in [0, 0.05) is 17.2 Å². The lowest BCUT2D eigenvalue weighted by Gasteiger charge is -2.13. The van der Waals surface area contributed by atoms with Gasteiger partial charge in [-0.15, -0.1) is 0 Å². The van der Waals surface area contributed by atoms with E-state index < -0.39 is 11.0 Å². The quantitative estimate of drug-likeness (QED) is 0.282. The van der Waals surface area contributed by atoms with Gasteiger partial charge in [-0.2, -0.15) is 14.9 Å². The third-order valence-electron chi connectivity index (χ3n) is 3.59. The highest BCUT2D eigenvalue weighted by molar-refractivity contribution is 7.71. The van der Waals surface area contributed by atoms with Gasteiger partial charge in [0.05, 0.1) is 11.1 Å². The van der Waals surface area contributed by atoms with Crippen LogP contribution >= 0.6 is 23.8 Å². The van der Waals surface area contributed by atoms with Crippen LogP contribution in [0.15, 0.2) is 53.6 Å². The summed E-state index contributed by atoms with van der Waals surface area (Å²) in [5.74, 6) is 1.11. The van der Waals surface area contributed by atoms with Crippen LogP contribution in [0.2, 0.25) is 5.02 Å². The first kappa shape index (κ1) is 18.7. The number of halogens is 1. The predicted octanol–water partition coefficient (Wildman–Crippen LogP) is 4.52. The van der Waals surface area contributed by atoms with E-state index in [2.05, 4.69) is 15.3 Å². The third kappa shape index (κ3) is 4.57. The minimum Gasteiger partial charge on any atom is -0.483 e. The fraction of sp³-hybridized carbons (Fsp3) is 0.118. The van der Waals surface area contributed by atoms with Gasteiger partial charge in [0.1, 0.15) is 5.75 Å². The maximum Gasteiger partial charge on any atom is 0.269 e. The molecule has 1 atom stereocenters. The number of hydrogen-bond acceptors (Lipinski definition) is 6. The Morgan fingerprint density at radius 2 is 1.96 bits per heavy atom. The zero-order valence-corrected chi connectivity index (χ0v) is 15.6. The van der Waals surface area contributed by atoms with Crippen LogP contribution in [0.4, 0.5) is 5.69 Å². The van der Waals surface area contributed by atoms with E-state index in [0.29, 0.717) is 26.9 Å². The van der Waals surface area contributed by atoms with Gasteiger partial charge < -0.3 is 4.74 Å². The van der Waals surface area contributed by atoms with Crippen molar-refractivity contribution >= 4 is 35.7 Å². The number of aromatic amines is 1. The van der Waals surface area contributed by atoms with Gasteiger partial charge >= 0.3 is 0 Å². The van der Waals surface area contributed by atoms with Crippen molar-refractivity contribution < 1.29 is 9.66 Å². The molecule has 0 aliphatic rings. The smallest absolute Gasteiger partial charge is 0.269 e. The number of aromatic nitrogens is 3. The number of non-ortho nitro benzene ring substituents is 1. The van der Waals surface area contributed by atoms with Crippen molar-refractivity contribution in [3.8, 4) is 5.75 Å². The van der Waals surface area contributed by atoms with E-state index in [1.807, 2.05) is 6.92 Å². The Balaban J connectivity index is 1.80. The Hall–Kier alpha value is -3.04. The molecule has 0 aliphatic carbocycles. The number of nitro benzene ring substituents is 1. The molecule has 0 radical (unpaired) electrons. The van der Waals surface area contributed by atoms with E-state index in [9.17, 15) is 10.1 Å². The van der Waals surface area contributed by atoms with Gasteiger partial charge in [0.25, 0.3) is 5.69 Å². The Morgan fingerprint density at radius 3 is 2.59 bits per heavy atom. The van der Waals surface area contributed by atoms with Crippen LogP contribution < -0.4 is 4.74 Å². The second-order valence-corrected chi connectivity index (χ2v) is 6.33. The fourth-order valence-electron chi connectivity index (χ4n) is 2.26. The van der Waals surface area contributed by atoms with Crippen LogP contribution in [0.1, 0.15) is 24.4 Å². The summed E-state index contributed by atoms with van der Waals surface area (Å²) in [6.07, 6.45) is 1.10. The summed E-state index contributed by atoms with van der Waals surface area (Å²) in [6.45, 7) is 1.82. The second kappa shape index (κ2) is 8.11. The van der Waals surface area contributed by atoms with Crippen molar-refractivity contribution in [2.75, 3.05) is 0 Å². The highest BCUT2D eigenvalue weighted by Crippen LogP contribution is 2.22. The van der Waals surface area contributed by atoms with Crippen LogP contribution in [0, 0.1) is 14.9 Å². The molecule has 0 amide bonds. The largest absolute Gasteiger partial charge is 0.483 e. The fourth-order valence-corrected chi connectivity index (χ4v) is 2.57.